The van der Waals surface area contributed by atoms with Crippen molar-refractivity contribution in [3.05, 3.63) is 28.0 Å². The van der Waals surface area contributed by atoms with Gasteiger partial charge in [0.2, 0.25) is 0 Å². The van der Waals surface area contributed by atoms with Gasteiger partial charge in [-0.05, 0) is 56.4 Å². The van der Waals surface area contributed by atoms with E-state index in [9.17, 15) is 4.79 Å². The molecule has 2 atom stereocenters. The Morgan fingerprint density at radius 1 is 1.29 bits per heavy atom. The van der Waals surface area contributed by atoms with Crippen molar-refractivity contribution in [1.29, 1.82) is 0 Å². The van der Waals surface area contributed by atoms with Crippen molar-refractivity contribution in [2.24, 2.45) is 5.92 Å². The zero-order valence-electron chi connectivity index (χ0n) is 12.3. The standard InChI is InChI=1S/C17H23NO2S/c19-17(20)10-9-14-7-8-15(21-14)12-18-11-3-5-13-4-1-2-6-16(13)18/h7-10,13,16H,1-6,11-12H2,(H,19,20)/b10-9+/t13-,16-/m1/s1. The summed E-state index contributed by atoms with van der Waals surface area (Å²) < 4.78 is 0. The summed E-state index contributed by atoms with van der Waals surface area (Å²) in [5, 5.41) is 8.68. The number of fused-ring (bicyclic) bond motifs is 1. The Morgan fingerprint density at radius 3 is 2.95 bits per heavy atom. The fraction of sp³-hybridized carbons (Fsp3) is 0.588. The van der Waals surface area contributed by atoms with Crippen molar-refractivity contribution in [1.82, 2.24) is 4.90 Å². The van der Waals surface area contributed by atoms with Gasteiger partial charge in [-0.1, -0.05) is 12.8 Å². The molecule has 1 aliphatic carbocycles. The van der Waals surface area contributed by atoms with Crippen LogP contribution in [-0.2, 0) is 11.3 Å². The number of likely N-dealkylation sites (tertiary alicyclic amines) is 1. The summed E-state index contributed by atoms with van der Waals surface area (Å²) in [5.41, 5.74) is 0. The van der Waals surface area contributed by atoms with Crippen LogP contribution in [0.3, 0.4) is 0 Å². The molecule has 3 rings (SSSR count). The van der Waals surface area contributed by atoms with Crippen molar-refractivity contribution >= 4 is 23.4 Å². The van der Waals surface area contributed by atoms with Crippen LogP contribution >= 0.6 is 11.3 Å². The highest BCUT2D eigenvalue weighted by atomic mass is 32.1. The molecule has 0 radical (unpaired) electrons. The molecule has 1 saturated carbocycles. The molecule has 1 aromatic heterocycles. The van der Waals surface area contributed by atoms with E-state index in [2.05, 4.69) is 11.0 Å². The van der Waals surface area contributed by atoms with Crippen LogP contribution in [0.25, 0.3) is 6.08 Å². The number of nitrogens with zero attached hydrogens (tertiary/aromatic N) is 1. The van der Waals surface area contributed by atoms with E-state index in [0.29, 0.717) is 0 Å². The van der Waals surface area contributed by atoms with E-state index >= 15 is 0 Å². The van der Waals surface area contributed by atoms with E-state index in [1.807, 2.05) is 6.07 Å². The fourth-order valence-electron chi connectivity index (χ4n) is 3.85. The van der Waals surface area contributed by atoms with E-state index in [1.165, 1.54) is 56.0 Å². The van der Waals surface area contributed by atoms with Crippen LogP contribution in [0.5, 0.6) is 0 Å². The van der Waals surface area contributed by atoms with Gasteiger partial charge < -0.3 is 5.11 Å². The first-order valence-corrected chi connectivity index (χ1v) is 8.78. The van der Waals surface area contributed by atoms with Crippen LogP contribution in [0.4, 0.5) is 0 Å². The zero-order chi connectivity index (χ0) is 14.7. The van der Waals surface area contributed by atoms with Gasteiger partial charge in [-0.3, -0.25) is 4.90 Å². The first kappa shape index (κ1) is 14.8. The second-order valence-electron chi connectivity index (χ2n) is 6.20. The van der Waals surface area contributed by atoms with E-state index in [1.54, 1.807) is 17.4 Å². The number of carboxylic acid groups (broad SMARTS) is 1. The number of carboxylic acids is 1. The fourth-order valence-corrected chi connectivity index (χ4v) is 4.79. The Bertz CT molecular complexity index is 521. The minimum Gasteiger partial charge on any atom is -0.478 e. The second kappa shape index (κ2) is 6.75. The lowest BCUT2D eigenvalue weighted by Gasteiger charge is -2.44. The Labute approximate surface area is 130 Å². The molecular weight excluding hydrogens is 282 g/mol. The van der Waals surface area contributed by atoms with Gasteiger partial charge in [0, 0.05) is 28.4 Å². The van der Waals surface area contributed by atoms with E-state index in [-0.39, 0.29) is 0 Å². The van der Waals surface area contributed by atoms with Gasteiger partial charge in [0.15, 0.2) is 0 Å². The lowest BCUT2D eigenvalue weighted by atomic mass is 9.78. The van der Waals surface area contributed by atoms with Crippen molar-refractivity contribution in [3.63, 3.8) is 0 Å². The highest BCUT2D eigenvalue weighted by Crippen LogP contribution is 2.36. The van der Waals surface area contributed by atoms with Crippen LogP contribution in [-0.4, -0.2) is 28.6 Å². The number of thiophene rings is 1. The van der Waals surface area contributed by atoms with Crippen LogP contribution in [0, 0.1) is 5.92 Å². The van der Waals surface area contributed by atoms with E-state index in [4.69, 9.17) is 5.11 Å². The highest BCUT2D eigenvalue weighted by Gasteiger charge is 2.33. The first-order valence-electron chi connectivity index (χ1n) is 7.96. The summed E-state index contributed by atoms with van der Waals surface area (Å²) in [6.45, 7) is 2.26. The summed E-state index contributed by atoms with van der Waals surface area (Å²) >= 11 is 1.72. The number of hydrogen-bond acceptors (Lipinski definition) is 3. The van der Waals surface area contributed by atoms with E-state index in [0.717, 1.165) is 23.4 Å². The number of rotatable bonds is 4. The Hall–Kier alpha value is -1.13. The number of hydrogen-bond donors (Lipinski definition) is 1. The normalized spacial score (nSPS) is 26.9. The SMILES string of the molecule is O=C(O)/C=C/c1ccc(CN2CCC[C@H]3CCCC[C@H]32)s1. The van der Waals surface area contributed by atoms with Crippen LogP contribution < -0.4 is 0 Å². The molecule has 0 spiro atoms. The van der Waals surface area contributed by atoms with Crippen molar-refractivity contribution in [2.75, 3.05) is 6.54 Å². The number of piperidine rings is 1. The molecule has 21 heavy (non-hydrogen) atoms. The molecular formula is C17H23NO2S. The van der Waals surface area contributed by atoms with Crippen molar-refractivity contribution in [3.8, 4) is 0 Å². The third-order valence-corrected chi connectivity index (χ3v) is 5.82. The van der Waals surface area contributed by atoms with Crippen molar-refractivity contribution in [2.45, 2.75) is 51.1 Å². The molecule has 2 fully saturated rings. The molecule has 1 aromatic rings. The van der Waals surface area contributed by atoms with Gasteiger partial charge in [-0.25, -0.2) is 4.79 Å². The van der Waals surface area contributed by atoms with E-state index < -0.39 is 5.97 Å². The van der Waals surface area contributed by atoms with Gasteiger partial charge in [0.25, 0.3) is 0 Å². The molecule has 4 heteroatoms. The zero-order valence-corrected chi connectivity index (χ0v) is 13.1. The molecule has 1 N–H and O–H groups in total. The largest absolute Gasteiger partial charge is 0.478 e. The highest BCUT2D eigenvalue weighted by molar-refractivity contribution is 7.12. The molecule has 114 valence electrons. The summed E-state index contributed by atoms with van der Waals surface area (Å²) in [6, 6.07) is 4.97. The average Bonchev–Trinajstić information content (AvgIpc) is 2.93. The summed E-state index contributed by atoms with van der Waals surface area (Å²) in [4.78, 5) is 15.6. The lowest BCUT2D eigenvalue weighted by Crippen LogP contribution is -2.46. The van der Waals surface area contributed by atoms with Crippen LogP contribution in [0.2, 0.25) is 0 Å². The smallest absolute Gasteiger partial charge is 0.328 e. The molecule has 2 aliphatic rings. The lowest BCUT2D eigenvalue weighted by molar-refractivity contribution is -0.131. The molecule has 1 aliphatic heterocycles. The summed E-state index contributed by atoms with van der Waals surface area (Å²) in [6.07, 6.45) is 11.2. The minimum absolute atomic E-state index is 0.785. The van der Waals surface area contributed by atoms with Gasteiger partial charge >= 0.3 is 5.97 Å². The average molecular weight is 305 g/mol. The molecule has 2 heterocycles. The number of carbonyl (C=O) groups is 1. The van der Waals surface area contributed by atoms with Crippen LogP contribution in [0.15, 0.2) is 18.2 Å². The van der Waals surface area contributed by atoms with Gasteiger partial charge in [0.1, 0.15) is 0 Å². The first-order chi connectivity index (χ1) is 10.2. The van der Waals surface area contributed by atoms with Crippen molar-refractivity contribution < 1.29 is 9.90 Å². The van der Waals surface area contributed by atoms with Gasteiger partial charge in [-0.15, -0.1) is 11.3 Å². The predicted molar refractivity (Wildman–Crippen MR) is 86.4 cm³/mol. The number of aliphatic carboxylic acids is 1. The summed E-state index contributed by atoms with van der Waals surface area (Å²) in [7, 11) is 0. The molecule has 0 amide bonds. The Kier molecular flexibility index (Phi) is 4.76. The van der Waals surface area contributed by atoms with Gasteiger partial charge in [0.05, 0.1) is 0 Å². The Balaban J connectivity index is 1.64. The molecule has 1 saturated heterocycles. The third kappa shape index (κ3) is 3.74. The summed E-state index contributed by atoms with van der Waals surface area (Å²) in [5.74, 6) is 0.0323. The Morgan fingerprint density at radius 2 is 2.10 bits per heavy atom. The predicted octanol–water partition coefficient (Wildman–Crippen LogP) is 4.00. The van der Waals surface area contributed by atoms with Gasteiger partial charge in [-0.2, -0.15) is 0 Å². The molecule has 3 nitrogen and oxygen atoms in total. The molecule has 0 aromatic carbocycles. The maximum absolute atomic E-state index is 10.6. The monoisotopic (exact) mass is 305 g/mol. The topological polar surface area (TPSA) is 40.5 Å². The maximum atomic E-state index is 10.6. The third-order valence-electron chi connectivity index (χ3n) is 4.79. The van der Waals surface area contributed by atoms with Crippen LogP contribution in [0.1, 0.15) is 48.3 Å². The quantitative estimate of drug-likeness (QED) is 0.855. The maximum Gasteiger partial charge on any atom is 0.328 e. The molecule has 0 unspecified atom stereocenters. The minimum atomic E-state index is -0.883. The molecule has 0 bridgehead atoms. The second-order valence-corrected chi connectivity index (χ2v) is 7.40.